The van der Waals surface area contributed by atoms with E-state index in [1.165, 1.54) is 4.31 Å². The Bertz CT molecular complexity index is 1050. The van der Waals surface area contributed by atoms with E-state index < -0.39 is 16.2 Å². The second kappa shape index (κ2) is 7.66. The third kappa shape index (κ3) is 3.48. The summed E-state index contributed by atoms with van der Waals surface area (Å²) in [5.41, 5.74) is 2.41. The van der Waals surface area contributed by atoms with Crippen molar-refractivity contribution in [2.75, 3.05) is 11.9 Å². The zero-order valence-electron chi connectivity index (χ0n) is 15.6. The number of para-hydroxylation sites is 1. The molecule has 0 amide bonds. The first-order valence-electron chi connectivity index (χ1n) is 9.23. The van der Waals surface area contributed by atoms with Gasteiger partial charge in [0.15, 0.2) is 0 Å². The molecule has 0 bridgehead atoms. The fourth-order valence-corrected chi connectivity index (χ4v) is 5.08. The molecule has 0 spiro atoms. The molecule has 0 saturated heterocycles. The van der Waals surface area contributed by atoms with Crippen LogP contribution >= 0.6 is 0 Å². The van der Waals surface area contributed by atoms with Crippen molar-refractivity contribution < 1.29 is 13.2 Å². The molecule has 144 valence electrons. The first-order valence-corrected chi connectivity index (χ1v) is 10.7. The van der Waals surface area contributed by atoms with Crippen molar-refractivity contribution in [1.82, 2.24) is 4.31 Å². The van der Waals surface area contributed by atoms with Gasteiger partial charge in [-0.15, -0.1) is 0 Å². The smallest absolute Gasteiger partial charge is 0.247 e. The number of anilines is 1. The maximum Gasteiger partial charge on any atom is 0.247 e. The SMILES string of the molecule is CCOc1ccc([C@@H]2Nc3ccccc3S(=O)(=O)N2Cc2ccccc2)cc1. The predicted molar refractivity (Wildman–Crippen MR) is 110 cm³/mol. The highest BCUT2D eigenvalue weighted by Crippen LogP contribution is 2.39. The minimum atomic E-state index is -3.66. The lowest BCUT2D eigenvalue weighted by atomic mass is 10.1. The van der Waals surface area contributed by atoms with Crippen LogP contribution in [0.5, 0.6) is 5.75 Å². The molecule has 0 fully saturated rings. The number of rotatable bonds is 5. The largest absolute Gasteiger partial charge is 0.494 e. The van der Waals surface area contributed by atoms with E-state index in [4.69, 9.17) is 4.74 Å². The van der Waals surface area contributed by atoms with Gasteiger partial charge in [-0.1, -0.05) is 54.6 Å². The van der Waals surface area contributed by atoms with E-state index in [9.17, 15) is 8.42 Å². The molecule has 1 N–H and O–H groups in total. The quantitative estimate of drug-likeness (QED) is 0.697. The van der Waals surface area contributed by atoms with Crippen LogP contribution in [-0.2, 0) is 16.6 Å². The maximum absolute atomic E-state index is 13.4. The molecule has 0 aromatic heterocycles. The Morgan fingerprint density at radius 3 is 2.32 bits per heavy atom. The standard InChI is InChI=1S/C22H22N2O3S/c1-2-27-19-14-12-18(13-15-19)22-23-20-10-6-7-11-21(20)28(25,26)24(22)16-17-8-4-3-5-9-17/h3-15,22-23H,2,16H2,1H3/t22-/m1/s1. The van der Waals surface area contributed by atoms with Crippen LogP contribution in [0.15, 0.2) is 83.8 Å². The third-order valence-electron chi connectivity index (χ3n) is 4.74. The van der Waals surface area contributed by atoms with Gasteiger partial charge in [-0.25, -0.2) is 8.42 Å². The average Bonchev–Trinajstić information content (AvgIpc) is 2.72. The van der Waals surface area contributed by atoms with Gasteiger partial charge in [-0.2, -0.15) is 4.31 Å². The first-order chi connectivity index (χ1) is 13.6. The van der Waals surface area contributed by atoms with Crippen molar-refractivity contribution in [2.24, 2.45) is 0 Å². The summed E-state index contributed by atoms with van der Waals surface area (Å²) in [7, 11) is -3.66. The Morgan fingerprint density at radius 1 is 0.929 bits per heavy atom. The van der Waals surface area contributed by atoms with Crippen LogP contribution in [0.2, 0.25) is 0 Å². The average molecular weight is 394 g/mol. The normalized spacial score (nSPS) is 18.1. The summed E-state index contributed by atoms with van der Waals surface area (Å²) < 4.78 is 33.9. The molecule has 3 aromatic carbocycles. The van der Waals surface area contributed by atoms with Crippen molar-refractivity contribution in [3.8, 4) is 5.75 Å². The molecular weight excluding hydrogens is 372 g/mol. The van der Waals surface area contributed by atoms with E-state index in [0.29, 0.717) is 17.2 Å². The molecule has 5 nitrogen and oxygen atoms in total. The molecule has 3 aromatic rings. The van der Waals surface area contributed by atoms with Gasteiger partial charge in [0, 0.05) is 6.54 Å². The number of sulfonamides is 1. The first kappa shape index (κ1) is 18.5. The summed E-state index contributed by atoms with van der Waals surface area (Å²) in [5, 5.41) is 3.40. The van der Waals surface area contributed by atoms with Gasteiger partial charge in [-0.05, 0) is 42.3 Å². The van der Waals surface area contributed by atoms with E-state index in [1.807, 2.05) is 67.6 Å². The molecule has 1 aliphatic heterocycles. The van der Waals surface area contributed by atoms with Gasteiger partial charge >= 0.3 is 0 Å². The van der Waals surface area contributed by atoms with Crippen molar-refractivity contribution in [3.63, 3.8) is 0 Å². The molecule has 1 aliphatic rings. The number of hydrogen-bond acceptors (Lipinski definition) is 4. The minimum Gasteiger partial charge on any atom is -0.494 e. The fraction of sp³-hybridized carbons (Fsp3) is 0.182. The number of fused-ring (bicyclic) bond motifs is 1. The monoisotopic (exact) mass is 394 g/mol. The highest BCUT2D eigenvalue weighted by atomic mass is 32.2. The molecule has 6 heteroatoms. The van der Waals surface area contributed by atoms with E-state index in [1.54, 1.807) is 18.2 Å². The number of nitrogens with one attached hydrogen (secondary N) is 1. The van der Waals surface area contributed by atoms with Gasteiger partial charge in [0.25, 0.3) is 0 Å². The Hall–Kier alpha value is -2.83. The van der Waals surface area contributed by atoms with Crippen molar-refractivity contribution in [2.45, 2.75) is 24.5 Å². The van der Waals surface area contributed by atoms with Crippen molar-refractivity contribution >= 4 is 15.7 Å². The summed E-state index contributed by atoms with van der Waals surface area (Å²) in [6.45, 7) is 2.80. The highest BCUT2D eigenvalue weighted by Gasteiger charge is 2.38. The molecule has 4 rings (SSSR count). The Labute approximate surface area is 165 Å². The lowest BCUT2D eigenvalue weighted by Gasteiger charge is -2.37. The zero-order chi connectivity index (χ0) is 19.6. The van der Waals surface area contributed by atoms with Gasteiger partial charge < -0.3 is 10.1 Å². The molecule has 0 unspecified atom stereocenters. The molecule has 1 atom stereocenters. The molecular formula is C22H22N2O3S. The number of ether oxygens (including phenoxy) is 1. The van der Waals surface area contributed by atoms with Gasteiger partial charge in [0.2, 0.25) is 10.0 Å². The predicted octanol–water partition coefficient (Wildman–Crippen LogP) is 4.40. The van der Waals surface area contributed by atoms with Crippen molar-refractivity contribution in [1.29, 1.82) is 0 Å². The second-order valence-electron chi connectivity index (χ2n) is 6.58. The molecule has 0 aliphatic carbocycles. The lowest BCUT2D eigenvalue weighted by Crippen LogP contribution is -2.42. The minimum absolute atomic E-state index is 0.280. The maximum atomic E-state index is 13.4. The Balaban J connectivity index is 1.77. The zero-order valence-corrected chi connectivity index (χ0v) is 16.4. The number of hydrogen-bond donors (Lipinski definition) is 1. The Kier molecular flexibility index (Phi) is 5.07. The number of nitrogens with zero attached hydrogens (tertiary/aromatic N) is 1. The van der Waals surface area contributed by atoms with E-state index >= 15 is 0 Å². The summed E-state index contributed by atoms with van der Waals surface area (Å²) in [6, 6.07) is 24.2. The number of benzene rings is 3. The van der Waals surface area contributed by atoms with Crippen LogP contribution in [-0.4, -0.2) is 19.3 Å². The van der Waals surface area contributed by atoms with E-state index in [-0.39, 0.29) is 6.54 Å². The van der Waals surface area contributed by atoms with Gasteiger partial charge in [0.1, 0.15) is 16.8 Å². The Morgan fingerprint density at radius 2 is 1.61 bits per heavy atom. The van der Waals surface area contributed by atoms with Crippen LogP contribution in [0.1, 0.15) is 24.2 Å². The lowest BCUT2D eigenvalue weighted by molar-refractivity contribution is 0.332. The molecule has 28 heavy (non-hydrogen) atoms. The van der Waals surface area contributed by atoms with Gasteiger partial charge in [-0.3, -0.25) is 0 Å². The fourth-order valence-electron chi connectivity index (χ4n) is 3.40. The molecule has 1 heterocycles. The summed E-state index contributed by atoms with van der Waals surface area (Å²) in [4.78, 5) is 0.299. The molecule has 0 saturated carbocycles. The summed E-state index contributed by atoms with van der Waals surface area (Å²) >= 11 is 0. The van der Waals surface area contributed by atoms with Crippen molar-refractivity contribution in [3.05, 3.63) is 90.0 Å². The van der Waals surface area contributed by atoms with E-state index in [0.717, 1.165) is 16.9 Å². The third-order valence-corrected chi connectivity index (χ3v) is 6.61. The van der Waals surface area contributed by atoms with Crippen LogP contribution in [0.4, 0.5) is 5.69 Å². The van der Waals surface area contributed by atoms with Crippen LogP contribution in [0.3, 0.4) is 0 Å². The summed E-state index contributed by atoms with van der Waals surface area (Å²) in [5.74, 6) is 0.764. The topological polar surface area (TPSA) is 58.6 Å². The second-order valence-corrected chi connectivity index (χ2v) is 8.44. The summed E-state index contributed by atoms with van der Waals surface area (Å²) in [6.07, 6.45) is -0.504. The highest BCUT2D eigenvalue weighted by molar-refractivity contribution is 7.89. The van der Waals surface area contributed by atoms with Crippen LogP contribution in [0.25, 0.3) is 0 Å². The van der Waals surface area contributed by atoms with E-state index in [2.05, 4.69) is 5.32 Å². The van der Waals surface area contributed by atoms with Crippen LogP contribution in [0, 0.1) is 0 Å². The van der Waals surface area contributed by atoms with Gasteiger partial charge in [0.05, 0.1) is 12.3 Å². The van der Waals surface area contributed by atoms with Crippen LogP contribution < -0.4 is 10.1 Å². The molecule has 0 radical (unpaired) electrons.